The maximum absolute atomic E-state index is 13.2. The average molecular weight is 485 g/mol. The molecule has 0 bridgehead atoms. The molecule has 1 aromatic heterocycles. The minimum Gasteiger partial charge on any atom is -0.465 e. The molecule has 10 nitrogen and oxygen atoms in total. The first-order chi connectivity index (χ1) is 16.1. The number of nitrogens with zero attached hydrogens (tertiary/aromatic N) is 3. The van der Waals surface area contributed by atoms with E-state index in [0.717, 1.165) is 11.8 Å². The number of esters is 1. The third kappa shape index (κ3) is 5.60. The highest BCUT2D eigenvalue weighted by atomic mass is 32.2. The zero-order chi connectivity index (χ0) is 25.0. The van der Waals surface area contributed by atoms with E-state index in [-0.39, 0.29) is 22.7 Å². The second-order valence-corrected chi connectivity index (χ2v) is 9.29. The number of ether oxygens (including phenoxy) is 1. The second kappa shape index (κ2) is 10.5. The molecule has 0 saturated carbocycles. The molecule has 1 unspecified atom stereocenters. The van der Waals surface area contributed by atoms with Crippen molar-refractivity contribution in [1.82, 2.24) is 9.55 Å². The van der Waals surface area contributed by atoms with E-state index >= 15 is 0 Å². The Balaban J connectivity index is 1.95. The topological polar surface area (TPSA) is 133 Å². The van der Waals surface area contributed by atoms with Crippen LogP contribution in [0.3, 0.4) is 0 Å². The maximum atomic E-state index is 13.2. The summed E-state index contributed by atoms with van der Waals surface area (Å²) in [6, 6.07) is 10.2. The van der Waals surface area contributed by atoms with Gasteiger partial charge in [-0.1, -0.05) is 31.7 Å². The molecule has 0 spiro atoms. The molecule has 2 aromatic carbocycles. The Labute approximate surface area is 199 Å². The van der Waals surface area contributed by atoms with E-state index in [1.54, 1.807) is 19.1 Å². The first kappa shape index (κ1) is 24.9. The molecule has 0 aliphatic rings. The maximum Gasteiger partial charge on any atom is 0.337 e. The predicted molar refractivity (Wildman–Crippen MR) is 129 cm³/mol. The first-order valence-corrected chi connectivity index (χ1v) is 11.3. The van der Waals surface area contributed by atoms with Crippen LogP contribution in [0.4, 0.5) is 11.4 Å². The van der Waals surface area contributed by atoms with Crippen molar-refractivity contribution in [2.45, 2.75) is 37.7 Å². The molecule has 0 saturated heterocycles. The predicted octanol–water partition coefficient (Wildman–Crippen LogP) is 3.87. The van der Waals surface area contributed by atoms with Crippen LogP contribution < -0.4 is 10.9 Å². The molecule has 178 valence electrons. The van der Waals surface area contributed by atoms with Gasteiger partial charge in [0.1, 0.15) is 0 Å². The quantitative estimate of drug-likeness (QED) is 0.167. The van der Waals surface area contributed by atoms with Gasteiger partial charge in [0.15, 0.2) is 5.16 Å². The summed E-state index contributed by atoms with van der Waals surface area (Å²) in [6.07, 6.45) is 0. The lowest BCUT2D eigenvalue weighted by Gasteiger charge is -2.18. The largest absolute Gasteiger partial charge is 0.465 e. The summed E-state index contributed by atoms with van der Waals surface area (Å²) in [5, 5.41) is 13.6. The standard InChI is InChI=1S/C23H24N4O6S/c1-13(2)12-26-21(29)18-9-8-15(22(30)33-4)10-19(18)25-23(26)34-14(3)20(28)24-16-6-5-7-17(11-16)27(31)32/h5-11,13-14H,12H2,1-4H3,(H,24,28). The zero-order valence-corrected chi connectivity index (χ0v) is 19.9. The van der Waals surface area contributed by atoms with Crippen molar-refractivity contribution < 1.29 is 19.2 Å². The van der Waals surface area contributed by atoms with Crippen molar-refractivity contribution in [3.8, 4) is 0 Å². The number of anilines is 1. The van der Waals surface area contributed by atoms with Crippen LogP contribution in [0, 0.1) is 16.0 Å². The molecule has 1 atom stereocenters. The van der Waals surface area contributed by atoms with Crippen molar-refractivity contribution >= 4 is 45.9 Å². The van der Waals surface area contributed by atoms with Crippen molar-refractivity contribution in [2.24, 2.45) is 5.92 Å². The number of amides is 1. The van der Waals surface area contributed by atoms with E-state index < -0.39 is 22.0 Å². The van der Waals surface area contributed by atoms with Gasteiger partial charge < -0.3 is 10.1 Å². The van der Waals surface area contributed by atoms with Gasteiger partial charge in [0.25, 0.3) is 11.2 Å². The molecular weight excluding hydrogens is 460 g/mol. The summed E-state index contributed by atoms with van der Waals surface area (Å²) in [5.41, 5.74) is 0.462. The number of methoxy groups -OCH3 is 1. The molecule has 1 amide bonds. The molecular formula is C23H24N4O6S. The minimum atomic E-state index is -0.675. The van der Waals surface area contributed by atoms with Crippen molar-refractivity contribution in [1.29, 1.82) is 0 Å². The summed E-state index contributed by atoms with van der Waals surface area (Å²) in [5.74, 6) is -0.812. The molecule has 0 aliphatic heterocycles. The number of carbonyl (C=O) groups is 2. The van der Waals surface area contributed by atoms with E-state index in [4.69, 9.17) is 4.74 Å². The number of nitro groups is 1. The lowest BCUT2D eigenvalue weighted by Crippen LogP contribution is -2.28. The molecule has 1 heterocycles. The number of thioether (sulfide) groups is 1. The number of aromatic nitrogens is 2. The molecule has 0 radical (unpaired) electrons. The van der Waals surface area contributed by atoms with Gasteiger partial charge in [0.05, 0.1) is 33.7 Å². The SMILES string of the molecule is COC(=O)c1ccc2c(=O)n(CC(C)C)c(SC(C)C(=O)Nc3cccc([N+](=O)[O-])c3)nc2c1. The second-order valence-electron chi connectivity index (χ2n) is 7.98. The van der Waals surface area contributed by atoms with Gasteiger partial charge in [-0.05, 0) is 37.1 Å². The van der Waals surface area contributed by atoms with E-state index in [1.807, 2.05) is 13.8 Å². The number of rotatable bonds is 8. The Hall–Kier alpha value is -3.73. The van der Waals surface area contributed by atoms with Crippen LogP contribution in [0.1, 0.15) is 31.1 Å². The molecule has 0 fully saturated rings. The summed E-state index contributed by atoms with van der Waals surface area (Å²) in [6.45, 7) is 5.97. The number of benzene rings is 2. The van der Waals surface area contributed by atoms with Crippen molar-refractivity contribution in [3.63, 3.8) is 0 Å². The number of hydrogen-bond donors (Lipinski definition) is 1. The third-order valence-corrected chi connectivity index (χ3v) is 5.96. The molecule has 11 heteroatoms. The van der Waals surface area contributed by atoms with Crippen LogP contribution >= 0.6 is 11.8 Å². The fourth-order valence-electron chi connectivity index (χ4n) is 3.21. The number of hydrogen-bond acceptors (Lipinski definition) is 8. The fraction of sp³-hybridized carbons (Fsp3) is 0.304. The average Bonchev–Trinajstić information content (AvgIpc) is 2.80. The van der Waals surface area contributed by atoms with Gasteiger partial charge in [-0.3, -0.25) is 24.3 Å². The normalized spacial score (nSPS) is 11.9. The van der Waals surface area contributed by atoms with Gasteiger partial charge in [-0.25, -0.2) is 9.78 Å². The van der Waals surface area contributed by atoms with E-state index in [2.05, 4.69) is 10.3 Å². The van der Waals surface area contributed by atoms with Gasteiger partial charge in [-0.2, -0.15) is 0 Å². The Kier molecular flexibility index (Phi) is 7.67. The zero-order valence-electron chi connectivity index (χ0n) is 19.1. The minimum absolute atomic E-state index is 0.138. The Bertz CT molecular complexity index is 1320. The first-order valence-electron chi connectivity index (χ1n) is 10.5. The number of nitro benzene ring substituents is 1. The van der Waals surface area contributed by atoms with Crippen LogP contribution in [-0.2, 0) is 16.1 Å². The summed E-state index contributed by atoms with van der Waals surface area (Å²) in [7, 11) is 1.27. The summed E-state index contributed by atoms with van der Waals surface area (Å²) in [4.78, 5) is 52.9. The molecule has 3 rings (SSSR count). The monoisotopic (exact) mass is 484 g/mol. The molecule has 34 heavy (non-hydrogen) atoms. The Morgan fingerprint density at radius 1 is 1.21 bits per heavy atom. The number of non-ortho nitro benzene ring substituents is 1. The fourth-order valence-corrected chi connectivity index (χ4v) is 4.13. The number of fused-ring (bicyclic) bond motifs is 1. The van der Waals surface area contributed by atoms with Gasteiger partial charge in [-0.15, -0.1) is 0 Å². The number of nitrogens with one attached hydrogen (secondary N) is 1. The smallest absolute Gasteiger partial charge is 0.337 e. The number of carbonyl (C=O) groups excluding carboxylic acids is 2. The van der Waals surface area contributed by atoms with Crippen LogP contribution in [-0.4, -0.2) is 38.7 Å². The Morgan fingerprint density at radius 2 is 1.94 bits per heavy atom. The van der Waals surface area contributed by atoms with Crippen LogP contribution in [0.5, 0.6) is 0 Å². The van der Waals surface area contributed by atoms with Crippen LogP contribution in [0.15, 0.2) is 52.4 Å². The molecule has 3 aromatic rings. The third-order valence-electron chi connectivity index (χ3n) is 4.87. The summed E-state index contributed by atoms with van der Waals surface area (Å²) < 4.78 is 6.27. The van der Waals surface area contributed by atoms with Crippen molar-refractivity contribution in [2.75, 3.05) is 12.4 Å². The van der Waals surface area contributed by atoms with Gasteiger partial charge in [0.2, 0.25) is 5.91 Å². The highest BCUT2D eigenvalue weighted by Crippen LogP contribution is 2.25. The van der Waals surface area contributed by atoms with Crippen LogP contribution in [0.2, 0.25) is 0 Å². The van der Waals surface area contributed by atoms with Crippen LogP contribution in [0.25, 0.3) is 10.9 Å². The molecule has 0 aliphatic carbocycles. The Morgan fingerprint density at radius 3 is 2.59 bits per heavy atom. The highest BCUT2D eigenvalue weighted by Gasteiger charge is 2.21. The van der Waals surface area contributed by atoms with Gasteiger partial charge >= 0.3 is 5.97 Å². The van der Waals surface area contributed by atoms with Crippen molar-refractivity contribution in [3.05, 3.63) is 68.5 Å². The van der Waals surface area contributed by atoms with E-state index in [0.29, 0.717) is 28.3 Å². The van der Waals surface area contributed by atoms with Gasteiger partial charge in [0, 0.05) is 24.4 Å². The van der Waals surface area contributed by atoms with E-state index in [1.165, 1.54) is 42.0 Å². The highest BCUT2D eigenvalue weighted by molar-refractivity contribution is 8.00. The van der Waals surface area contributed by atoms with E-state index in [9.17, 15) is 24.5 Å². The lowest BCUT2D eigenvalue weighted by atomic mass is 10.1. The summed E-state index contributed by atoms with van der Waals surface area (Å²) >= 11 is 1.09. The molecule has 1 N–H and O–H groups in total. The lowest BCUT2D eigenvalue weighted by molar-refractivity contribution is -0.384.